The number of benzene rings is 1. The minimum atomic E-state index is 0.979. The highest BCUT2D eigenvalue weighted by Gasteiger charge is 1.99. The highest BCUT2D eigenvalue weighted by molar-refractivity contribution is 5.77. The summed E-state index contributed by atoms with van der Waals surface area (Å²) in [5.74, 6) is 0. The number of rotatable bonds is 4. The van der Waals surface area contributed by atoms with Crippen molar-refractivity contribution in [3.63, 3.8) is 0 Å². The molecule has 1 radical (unpaired) electrons. The summed E-state index contributed by atoms with van der Waals surface area (Å²) in [5, 5.41) is 5.66. The second-order valence-electron chi connectivity index (χ2n) is 4.03. The van der Waals surface area contributed by atoms with Gasteiger partial charge in [-0.25, -0.2) is 0 Å². The molecule has 0 amide bonds. The second kappa shape index (κ2) is 4.45. The Morgan fingerprint density at radius 3 is 3.07 bits per heavy atom. The first kappa shape index (κ1) is 10.2. The largest absolute Gasteiger partial charge is 0.309 e. The molecule has 1 aromatic heterocycles. The molecule has 0 aliphatic rings. The van der Waals surface area contributed by atoms with Crippen LogP contribution in [-0.4, -0.2) is 35.3 Å². The number of aromatic nitrogens is 2. The van der Waals surface area contributed by atoms with E-state index >= 15 is 0 Å². The van der Waals surface area contributed by atoms with Crippen molar-refractivity contribution in [1.29, 1.82) is 0 Å². The van der Waals surface area contributed by atoms with Crippen LogP contribution in [-0.2, 0) is 6.54 Å². The number of aryl methyl sites for hydroxylation is 1. The summed E-state index contributed by atoms with van der Waals surface area (Å²) >= 11 is 0. The van der Waals surface area contributed by atoms with Crippen molar-refractivity contribution in [1.82, 2.24) is 14.7 Å². The van der Waals surface area contributed by atoms with Crippen molar-refractivity contribution in [3.05, 3.63) is 30.5 Å². The quantitative estimate of drug-likeness (QED) is 0.753. The Bertz CT molecular complexity index is 398. The smallest absolute Gasteiger partial charge is 0.0923 e. The molecule has 0 saturated carbocycles. The van der Waals surface area contributed by atoms with Crippen molar-refractivity contribution in [3.8, 4) is 0 Å². The zero-order valence-electron chi connectivity index (χ0n) is 9.27. The van der Waals surface area contributed by atoms with Crippen LogP contribution in [0.5, 0.6) is 0 Å². The average Bonchev–Trinajstić information content (AvgIpc) is 2.59. The number of nitrogens with zero attached hydrogens (tertiary/aromatic N) is 3. The highest BCUT2D eigenvalue weighted by atomic mass is 15.3. The maximum Gasteiger partial charge on any atom is 0.0923 e. The van der Waals surface area contributed by atoms with Crippen molar-refractivity contribution in [2.45, 2.75) is 13.0 Å². The van der Waals surface area contributed by atoms with Crippen molar-refractivity contribution >= 4 is 10.9 Å². The van der Waals surface area contributed by atoms with E-state index in [-0.39, 0.29) is 0 Å². The number of hydrogen-bond donors (Lipinski definition) is 0. The first-order chi connectivity index (χ1) is 7.25. The summed E-state index contributed by atoms with van der Waals surface area (Å²) in [6.45, 7) is 2.08. The Kier molecular flexibility index (Phi) is 3.02. The predicted molar refractivity (Wildman–Crippen MR) is 61.7 cm³/mol. The van der Waals surface area contributed by atoms with E-state index in [0.29, 0.717) is 0 Å². The van der Waals surface area contributed by atoms with Crippen LogP contribution in [0, 0.1) is 6.07 Å². The normalized spacial score (nSPS) is 11.4. The SMILES string of the molecule is CN(C)CCCn1cc2c[c]ccc2n1. The maximum atomic E-state index is 4.49. The van der Waals surface area contributed by atoms with Crippen LogP contribution in [0.15, 0.2) is 24.4 Å². The summed E-state index contributed by atoms with van der Waals surface area (Å²) in [6, 6.07) is 8.94. The molecule has 2 rings (SSSR count). The van der Waals surface area contributed by atoms with Crippen LogP contribution < -0.4 is 0 Å². The Hall–Kier alpha value is -1.35. The van der Waals surface area contributed by atoms with Gasteiger partial charge in [-0.1, -0.05) is 6.07 Å². The van der Waals surface area contributed by atoms with Gasteiger partial charge in [0.05, 0.1) is 5.52 Å². The summed E-state index contributed by atoms with van der Waals surface area (Å²) in [7, 11) is 4.18. The van der Waals surface area contributed by atoms with Crippen LogP contribution in [0.4, 0.5) is 0 Å². The molecule has 1 heterocycles. The lowest BCUT2D eigenvalue weighted by Crippen LogP contribution is -2.15. The molecular weight excluding hydrogens is 186 g/mol. The fourth-order valence-corrected chi connectivity index (χ4v) is 1.62. The highest BCUT2D eigenvalue weighted by Crippen LogP contribution is 2.10. The molecule has 0 N–H and O–H groups in total. The fourth-order valence-electron chi connectivity index (χ4n) is 1.62. The van der Waals surface area contributed by atoms with Crippen molar-refractivity contribution < 1.29 is 0 Å². The molecule has 15 heavy (non-hydrogen) atoms. The van der Waals surface area contributed by atoms with Gasteiger partial charge in [0.2, 0.25) is 0 Å². The van der Waals surface area contributed by atoms with E-state index in [1.807, 2.05) is 22.9 Å². The molecule has 0 saturated heterocycles. The van der Waals surface area contributed by atoms with Crippen LogP contribution in [0.3, 0.4) is 0 Å². The van der Waals surface area contributed by atoms with Gasteiger partial charge in [0.1, 0.15) is 0 Å². The lowest BCUT2D eigenvalue weighted by atomic mass is 10.3. The zero-order chi connectivity index (χ0) is 10.7. The third kappa shape index (κ3) is 2.57. The molecule has 79 valence electrons. The second-order valence-corrected chi connectivity index (χ2v) is 4.03. The van der Waals surface area contributed by atoms with Gasteiger partial charge in [-0.05, 0) is 45.3 Å². The summed E-state index contributed by atoms with van der Waals surface area (Å²) in [4.78, 5) is 2.19. The average molecular weight is 202 g/mol. The number of hydrogen-bond acceptors (Lipinski definition) is 2. The van der Waals surface area contributed by atoms with Crippen LogP contribution >= 0.6 is 0 Å². The number of fused-ring (bicyclic) bond motifs is 1. The van der Waals surface area contributed by atoms with E-state index in [0.717, 1.165) is 25.0 Å². The predicted octanol–water partition coefficient (Wildman–Crippen LogP) is 1.79. The molecule has 3 heteroatoms. The van der Waals surface area contributed by atoms with E-state index in [2.05, 4.69) is 36.4 Å². The van der Waals surface area contributed by atoms with Crippen LogP contribution in [0.2, 0.25) is 0 Å². The van der Waals surface area contributed by atoms with Gasteiger partial charge in [-0.2, -0.15) is 5.10 Å². The van der Waals surface area contributed by atoms with Gasteiger partial charge in [0.25, 0.3) is 0 Å². The van der Waals surface area contributed by atoms with E-state index < -0.39 is 0 Å². The summed E-state index contributed by atoms with van der Waals surface area (Å²) in [6.07, 6.45) is 3.21. The molecule has 3 nitrogen and oxygen atoms in total. The van der Waals surface area contributed by atoms with E-state index in [1.165, 1.54) is 5.39 Å². The molecule has 0 aliphatic heterocycles. The van der Waals surface area contributed by atoms with Crippen molar-refractivity contribution in [2.75, 3.05) is 20.6 Å². The van der Waals surface area contributed by atoms with Crippen LogP contribution in [0.25, 0.3) is 10.9 Å². The molecule has 0 aliphatic carbocycles. The summed E-state index contributed by atoms with van der Waals surface area (Å²) < 4.78 is 2.02. The van der Waals surface area contributed by atoms with Gasteiger partial charge >= 0.3 is 0 Å². The van der Waals surface area contributed by atoms with Crippen molar-refractivity contribution in [2.24, 2.45) is 0 Å². The Morgan fingerprint density at radius 2 is 2.33 bits per heavy atom. The molecular formula is C12H16N3. The first-order valence-corrected chi connectivity index (χ1v) is 5.24. The van der Waals surface area contributed by atoms with E-state index in [9.17, 15) is 0 Å². The lowest BCUT2D eigenvalue weighted by molar-refractivity contribution is 0.381. The fraction of sp³-hybridized carbons (Fsp3) is 0.417. The molecule has 0 unspecified atom stereocenters. The summed E-state index contributed by atoms with van der Waals surface area (Å²) in [5.41, 5.74) is 1.05. The van der Waals surface area contributed by atoms with Gasteiger partial charge in [0.15, 0.2) is 0 Å². The molecule has 0 atom stereocenters. The van der Waals surface area contributed by atoms with Gasteiger partial charge in [-0.15, -0.1) is 0 Å². The minimum Gasteiger partial charge on any atom is -0.309 e. The van der Waals surface area contributed by atoms with E-state index in [4.69, 9.17) is 0 Å². The maximum absolute atomic E-state index is 4.49. The Labute approximate surface area is 90.3 Å². The standard InChI is InChI=1S/C12H16N3/c1-14(2)8-5-9-15-10-11-6-3-4-7-12(11)13-15/h4,6-7,10H,5,8-9H2,1-2H3. The van der Waals surface area contributed by atoms with Gasteiger partial charge < -0.3 is 4.90 Å². The first-order valence-electron chi connectivity index (χ1n) is 5.24. The van der Waals surface area contributed by atoms with E-state index in [1.54, 1.807) is 0 Å². The third-order valence-corrected chi connectivity index (χ3v) is 2.39. The van der Waals surface area contributed by atoms with Gasteiger partial charge in [0, 0.05) is 18.1 Å². The topological polar surface area (TPSA) is 21.1 Å². The Balaban J connectivity index is 2.03. The zero-order valence-corrected chi connectivity index (χ0v) is 9.27. The lowest BCUT2D eigenvalue weighted by Gasteiger charge is -2.08. The molecule has 0 spiro atoms. The van der Waals surface area contributed by atoms with Crippen LogP contribution in [0.1, 0.15) is 6.42 Å². The molecule has 2 aromatic rings. The minimum absolute atomic E-state index is 0.979. The molecule has 0 fully saturated rings. The molecule has 0 bridgehead atoms. The van der Waals surface area contributed by atoms with Gasteiger partial charge in [-0.3, -0.25) is 4.68 Å². The molecule has 1 aromatic carbocycles. The monoisotopic (exact) mass is 202 g/mol. The Morgan fingerprint density at radius 1 is 1.47 bits per heavy atom. The third-order valence-electron chi connectivity index (χ3n) is 2.39.